The maximum absolute atomic E-state index is 5.88. The van der Waals surface area contributed by atoms with Crippen molar-refractivity contribution in [2.45, 2.75) is 12.5 Å². The van der Waals surface area contributed by atoms with Gasteiger partial charge in [0.1, 0.15) is 0 Å². The van der Waals surface area contributed by atoms with Crippen molar-refractivity contribution in [3.05, 3.63) is 32.4 Å². The molecule has 2 heterocycles. The highest BCUT2D eigenvalue weighted by Gasteiger charge is 2.13. The summed E-state index contributed by atoms with van der Waals surface area (Å²) in [6, 6.07) is 4.20. The average Bonchev–Trinajstić information content (AvgIpc) is 2.85. The van der Waals surface area contributed by atoms with Gasteiger partial charge in [0.05, 0.1) is 16.1 Å². The van der Waals surface area contributed by atoms with Gasteiger partial charge in [0.25, 0.3) is 0 Å². The number of nitrogens with zero attached hydrogens (tertiary/aromatic N) is 2. The number of hydrogen-bond donors (Lipinski definition) is 1. The van der Waals surface area contributed by atoms with Gasteiger partial charge in [-0.3, -0.25) is 0 Å². The lowest BCUT2D eigenvalue weighted by Crippen LogP contribution is -2.18. The molecule has 0 bridgehead atoms. The molecule has 0 fully saturated rings. The first-order chi connectivity index (χ1) is 7.29. The third-order valence-electron chi connectivity index (χ3n) is 2.12. The van der Waals surface area contributed by atoms with E-state index in [4.69, 9.17) is 11.6 Å². The Bertz CT molecular complexity index is 413. The van der Waals surface area contributed by atoms with Gasteiger partial charge in [0.2, 0.25) is 0 Å². The summed E-state index contributed by atoms with van der Waals surface area (Å²) in [5, 5.41) is 9.27. The maximum Gasteiger partial charge on any atom is 0.0931 e. The normalized spacial score (nSPS) is 12.9. The zero-order valence-electron chi connectivity index (χ0n) is 8.11. The van der Waals surface area contributed by atoms with E-state index in [1.54, 1.807) is 11.3 Å². The van der Waals surface area contributed by atoms with Crippen LogP contribution in [-0.2, 0) is 6.42 Å². The van der Waals surface area contributed by atoms with Crippen LogP contribution in [0.25, 0.3) is 0 Å². The van der Waals surface area contributed by atoms with Crippen LogP contribution in [0.4, 0.5) is 0 Å². The smallest absolute Gasteiger partial charge is 0.0931 e. The van der Waals surface area contributed by atoms with Crippen molar-refractivity contribution in [2.24, 2.45) is 0 Å². The molecule has 2 aromatic heterocycles. The lowest BCUT2D eigenvalue weighted by Gasteiger charge is -2.11. The fraction of sp³-hybridized carbons (Fsp3) is 0.333. The zero-order chi connectivity index (χ0) is 10.7. The summed E-state index contributed by atoms with van der Waals surface area (Å²) in [7, 11) is 1.93. The number of rotatable bonds is 4. The Balaban J connectivity index is 2.09. The minimum atomic E-state index is 0.221. The van der Waals surface area contributed by atoms with Crippen LogP contribution in [-0.4, -0.2) is 16.6 Å². The molecule has 0 radical (unpaired) electrons. The molecule has 15 heavy (non-hydrogen) atoms. The molecular formula is C9H10ClN3S2. The highest BCUT2D eigenvalue weighted by molar-refractivity contribution is 7.16. The highest BCUT2D eigenvalue weighted by Crippen LogP contribution is 2.26. The standard InChI is InChI=1S/C9H10ClN3S2/c1-11-7(8-5-14-13-12-8)4-6-2-3-9(10)15-6/h2-3,5,7,11H,4H2,1H3. The molecule has 6 heteroatoms. The quantitative estimate of drug-likeness (QED) is 0.918. The minimum Gasteiger partial charge on any atom is -0.311 e. The monoisotopic (exact) mass is 259 g/mol. The first-order valence-corrected chi connectivity index (χ1v) is 6.51. The predicted molar refractivity (Wildman–Crippen MR) is 64.7 cm³/mol. The summed E-state index contributed by atoms with van der Waals surface area (Å²) < 4.78 is 4.70. The van der Waals surface area contributed by atoms with Gasteiger partial charge in [0, 0.05) is 16.7 Å². The third-order valence-corrected chi connectivity index (χ3v) is 3.89. The topological polar surface area (TPSA) is 37.8 Å². The first-order valence-electron chi connectivity index (χ1n) is 4.48. The Morgan fingerprint density at radius 1 is 1.53 bits per heavy atom. The third kappa shape index (κ3) is 2.75. The van der Waals surface area contributed by atoms with Crippen molar-refractivity contribution in [3.8, 4) is 0 Å². The van der Waals surface area contributed by atoms with E-state index in [1.807, 2.05) is 18.5 Å². The van der Waals surface area contributed by atoms with Gasteiger partial charge >= 0.3 is 0 Å². The number of likely N-dealkylation sites (N-methyl/N-ethyl adjacent to an activating group) is 1. The average molecular weight is 260 g/mol. The van der Waals surface area contributed by atoms with Crippen LogP contribution in [0.3, 0.4) is 0 Å². The lowest BCUT2D eigenvalue weighted by atomic mass is 10.1. The fourth-order valence-electron chi connectivity index (χ4n) is 1.34. The Hall–Kier alpha value is -0.490. The molecule has 0 aromatic carbocycles. The zero-order valence-corrected chi connectivity index (χ0v) is 10.5. The molecule has 2 aromatic rings. The van der Waals surface area contributed by atoms with Crippen molar-refractivity contribution in [2.75, 3.05) is 7.05 Å². The van der Waals surface area contributed by atoms with E-state index in [0.717, 1.165) is 16.5 Å². The van der Waals surface area contributed by atoms with Crippen molar-refractivity contribution in [1.82, 2.24) is 14.9 Å². The first kappa shape index (κ1) is 11.0. The van der Waals surface area contributed by atoms with E-state index in [2.05, 4.69) is 21.0 Å². The molecule has 1 unspecified atom stereocenters. The van der Waals surface area contributed by atoms with E-state index >= 15 is 0 Å². The Morgan fingerprint density at radius 2 is 2.40 bits per heavy atom. The second kappa shape index (κ2) is 5.03. The number of aromatic nitrogens is 2. The van der Waals surface area contributed by atoms with Crippen LogP contribution in [0.2, 0.25) is 4.34 Å². The second-order valence-corrected chi connectivity index (χ2v) is 5.49. The lowest BCUT2D eigenvalue weighted by molar-refractivity contribution is 0.578. The predicted octanol–water partition coefficient (Wildman–Crippen LogP) is 2.76. The Kier molecular flexibility index (Phi) is 3.69. The van der Waals surface area contributed by atoms with E-state index in [9.17, 15) is 0 Å². The number of halogens is 1. The number of thiophene rings is 1. The molecule has 1 N–H and O–H groups in total. The van der Waals surface area contributed by atoms with Gasteiger partial charge in [-0.2, -0.15) is 0 Å². The van der Waals surface area contributed by atoms with Gasteiger partial charge in [-0.05, 0) is 30.7 Å². The molecule has 2 rings (SSSR count). The number of hydrogen-bond acceptors (Lipinski definition) is 5. The second-order valence-electron chi connectivity index (χ2n) is 3.08. The summed E-state index contributed by atoms with van der Waals surface area (Å²) >= 11 is 8.87. The van der Waals surface area contributed by atoms with E-state index < -0.39 is 0 Å². The van der Waals surface area contributed by atoms with Crippen LogP contribution in [0, 0.1) is 0 Å². The van der Waals surface area contributed by atoms with Gasteiger partial charge in [-0.25, -0.2) is 0 Å². The van der Waals surface area contributed by atoms with Gasteiger partial charge in [-0.1, -0.05) is 16.1 Å². The number of nitrogens with one attached hydrogen (secondary N) is 1. The highest BCUT2D eigenvalue weighted by atomic mass is 35.5. The fourth-order valence-corrected chi connectivity index (χ4v) is 2.98. The van der Waals surface area contributed by atoms with Crippen LogP contribution < -0.4 is 5.32 Å². The molecule has 0 saturated carbocycles. The molecule has 0 aliphatic rings. The Labute approximate surface area is 101 Å². The van der Waals surface area contributed by atoms with Gasteiger partial charge < -0.3 is 5.32 Å². The molecule has 0 saturated heterocycles. The summed E-state index contributed by atoms with van der Waals surface area (Å²) in [6.45, 7) is 0. The summed E-state index contributed by atoms with van der Waals surface area (Å²) in [5.41, 5.74) is 0.993. The van der Waals surface area contributed by atoms with Crippen LogP contribution in [0.15, 0.2) is 17.5 Å². The summed E-state index contributed by atoms with van der Waals surface area (Å²) in [6.07, 6.45) is 0.902. The van der Waals surface area contributed by atoms with Crippen molar-refractivity contribution < 1.29 is 0 Å². The van der Waals surface area contributed by atoms with Crippen molar-refractivity contribution in [1.29, 1.82) is 0 Å². The molecule has 80 valence electrons. The largest absolute Gasteiger partial charge is 0.311 e. The SMILES string of the molecule is CNC(Cc1ccc(Cl)s1)c1csnn1. The van der Waals surface area contributed by atoms with E-state index in [1.165, 1.54) is 16.4 Å². The summed E-state index contributed by atoms with van der Waals surface area (Å²) in [5.74, 6) is 0. The van der Waals surface area contributed by atoms with Crippen molar-refractivity contribution >= 4 is 34.5 Å². The van der Waals surface area contributed by atoms with E-state index in [-0.39, 0.29) is 6.04 Å². The van der Waals surface area contributed by atoms with E-state index in [0.29, 0.717) is 0 Å². The molecule has 0 aliphatic carbocycles. The Morgan fingerprint density at radius 3 is 2.93 bits per heavy atom. The van der Waals surface area contributed by atoms with Crippen molar-refractivity contribution in [3.63, 3.8) is 0 Å². The summed E-state index contributed by atoms with van der Waals surface area (Å²) in [4.78, 5) is 1.26. The molecule has 3 nitrogen and oxygen atoms in total. The molecule has 1 atom stereocenters. The molecule has 0 spiro atoms. The van der Waals surface area contributed by atoms with Crippen LogP contribution >= 0.6 is 34.5 Å². The molecular weight excluding hydrogens is 250 g/mol. The molecule has 0 aliphatic heterocycles. The maximum atomic E-state index is 5.88. The minimum absolute atomic E-state index is 0.221. The van der Waals surface area contributed by atoms with Gasteiger partial charge in [-0.15, -0.1) is 16.4 Å². The van der Waals surface area contributed by atoms with Crippen LogP contribution in [0.5, 0.6) is 0 Å². The molecule has 0 amide bonds. The van der Waals surface area contributed by atoms with Gasteiger partial charge in [0.15, 0.2) is 0 Å². The van der Waals surface area contributed by atoms with Crippen LogP contribution in [0.1, 0.15) is 16.6 Å².